The number of likely N-dealkylation sites (tertiary alicyclic amines) is 1. The van der Waals surface area contributed by atoms with Gasteiger partial charge in [0, 0.05) is 24.3 Å². The zero-order chi connectivity index (χ0) is 17.7. The van der Waals surface area contributed by atoms with Gasteiger partial charge in [-0.15, -0.1) is 0 Å². The lowest BCUT2D eigenvalue weighted by Gasteiger charge is -2.31. The topological polar surface area (TPSA) is 75.4 Å². The van der Waals surface area contributed by atoms with Crippen LogP contribution in [0.15, 0.2) is 18.2 Å². The van der Waals surface area contributed by atoms with Crippen molar-refractivity contribution in [3.63, 3.8) is 0 Å². The van der Waals surface area contributed by atoms with Gasteiger partial charge in [-0.1, -0.05) is 20.3 Å². The van der Waals surface area contributed by atoms with Crippen LogP contribution in [0.5, 0.6) is 0 Å². The van der Waals surface area contributed by atoms with E-state index >= 15 is 0 Å². The fourth-order valence-electron chi connectivity index (χ4n) is 3.16. The second-order valence-corrected chi connectivity index (χ2v) is 6.91. The molecule has 0 spiro atoms. The van der Waals surface area contributed by atoms with Gasteiger partial charge in [-0.2, -0.15) is 0 Å². The summed E-state index contributed by atoms with van der Waals surface area (Å²) in [6, 6.07) is 4.94. The number of benzene rings is 1. The van der Waals surface area contributed by atoms with Crippen molar-refractivity contribution in [3.05, 3.63) is 29.3 Å². The molecule has 1 heterocycles. The normalized spacial score (nSPS) is 19.0. The molecule has 1 aliphatic heterocycles. The number of aryl methyl sites for hydroxylation is 1. The highest BCUT2D eigenvalue weighted by Crippen LogP contribution is 2.21. The van der Waals surface area contributed by atoms with Gasteiger partial charge in [0.05, 0.1) is 6.04 Å². The minimum absolute atomic E-state index is 0.0743. The fraction of sp³-hybridized carbons (Fsp3) is 0.579. The number of hydrogen-bond acceptors (Lipinski definition) is 3. The number of carbonyl (C=O) groups is 2. The number of rotatable bonds is 5. The summed E-state index contributed by atoms with van der Waals surface area (Å²) in [6.07, 6.45) is 3.78. The minimum atomic E-state index is -0.495. The maximum absolute atomic E-state index is 12.6. The van der Waals surface area contributed by atoms with E-state index in [0.29, 0.717) is 17.9 Å². The first-order valence-corrected chi connectivity index (χ1v) is 8.88. The highest BCUT2D eigenvalue weighted by Gasteiger charge is 2.22. The average Bonchev–Trinajstić information content (AvgIpc) is 2.56. The largest absolute Gasteiger partial charge is 0.338 e. The molecule has 0 saturated carbocycles. The molecule has 24 heavy (non-hydrogen) atoms. The van der Waals surface area contributed by atoms with E-state index in [-0.39, 0.29) is 11.8 Å². The van der Waals surface area contributed by atoms with Crippen molar-refractivity contribution in [1.29, 1.82) is 0 Å². The van der Waals surface area contributed by atoms with Gasteiger partial charge in [-0.05, 0) is 55.9 Å². The summed E-state index contributed by atoms with van der Waals surface area (Å²) in [4.78, 5) is 26.6. The van der Waals surface area contributed by atoms with E-state index in [9.17, 15) is 9.59 Å². The van der Waals surface area contributed by atoms with Gasteiger partial charge in [-0.3, -0.25) is 9.59 Å². The van der Waals surface area contributed by atoms with Crippen LogP contribution in [0.25, 0.3) is 0 Å². The molecule has 3 N–H and O–H groups in total. The van der Waals surface area contributed by atoms with Gasteiger partial charge >= 0.3 is 0 Å². The molecule has 0 bridgehead atoms. The summed E-state index contributed by atoms with van der Waals surface area (Å²) >= 11 is 0. The van der Waals surface area contributed by atoms with Crippen molar-refractivity contribution in [2.45, 2.75) is 52.5 Å². The van der Waals surface area contributed by atoms with Crippen LogP contribution in [-0.4, -0.2) is 35.8 Å². The molecule has 132 valence electrons. The maximum Gasteiger partial charge on any atom is 0.253 e. The molecule has 0 radical (unpaired) electrons. The second kappa shape index (κ2) is 8.29. The first-order valence-electron chi connectivity index (χ1n) is 8.88. The van der Waals surface area contributed by atoms with E-state index in [1.165, 1.54) is 6.42 Å². The Bertz CT molecular complexity index is 600. The Morgan fingerprint density at radius 3 is 2.79 bits per heavy atom. The van der Waals surface area contributed by atoms with Gasteiger partial charge in [-0.25, -0.2) is 0 Å². The van der Waals surface area contributed by atoms with Gasteiger partial charge in [0.1, 0.15) is 0 Å². The van der Waals surface area contributed by atoms with E-state index in [2.05, 4.69) is 12.2 Å². The smallest absolute Gasteiger partial charge is 0.253 e. The SMILES string of the molecule is CCCC(N)C(=O)Nc1ccc(C(=O)N2CCCC(C)C2)cc1C. The Hall–Kier alpha value is -1.88. The summed E-state index contributed by atoms with van der Waals surface area (Å²) < 4.78 is 0. The third kappa shape index (κ3) is 4.57. The Balaban J connectivity index is 2.06. The molecular weight excluding hydrogens is 302 g/mol. The van der Waals surface area contributed by atoms with E-state index in [1.807, 2.05) is 24.8 Å². The molecular formula is C19H29N3O2. The third-order valence-electron chi connectivity index (χ3n) is 4.61. The number of hydrogen-bond donors (Lipinski definition) is 2. The monoisotopic (exact) mass is 331 g/mol. The van der Waals surface area contributed by atoms with Crippen LogP contribution < -0.4 is 11.1 Å². The molecule has 2 unspecified atom stereocenters. The number of nitrogens with two attached hydrogens (primary N) is 1. The van der Waals surface area contributed by atoms with Gasteiger partial charge < -0.3 is 16.0 Å². The predicted molar refractivity (Wildman–Crippen MR) is 97.0 cm³/mol. The van der Waals surface area contributed by atoms with Gasteiger partial charge in [0.25, 0.3) is 5.91 Å². The maximum atomic E-state index is 12.6. The van der Waals surface area contributed by atoms with Crippen LogP contribution in [0.4, 0.5) is 5.69 Å². The predicted octanol–water partition coefficient (Wildman–Crippen LogP) is 2.93. The van der Waals surface area contributed by atoms with E-state index in [4.69, 9.17) is 5.73 Å². The first-order chi connectivity index (χ1) is 11.4. The summed E-state index contributed by atoms with van der Waals surface area (Å²) in [5.74, 6) is 0.455. The molecule has 0 aliphatic carbocycles. The number of anilines is 1. The molecule has 2 rings (SSSR count). The Morgan fingerprint density at radius 2 is 2.17 bits per heavy atom. The zero-order valence-corrected chi connectivity index (χ0v) is 15.0. The summed E-state index contributed by atoms with van der Waals surface area (Å²) in [6.45, 7) is 7.73. The molecule has 0 aromatic heterocycles. The van der Waals surface area contributed by atoms with Crippen molar-refractivity contribution in [2.75, 3.05) is 18.4 Å². The van der Waals surface area contributed by atoms with Crippen LogP contribution in [-0.2, 0) is 4.79 Å². The lowest BCUT2D eigenvalue weighted by atomic mass is 9.99. The number of piperidine rings is 1. The number of nitrogens with zero attached hydrogens (tertiary/aromatic N) is 1. The third-order valence-corrected chi connectivity index (χ3v) is 4.61. The molecule has 1 fully saturated rings. The molecule has 1 aliphatic rings. The van der Waals surface area contributed by atoms with Crippen molar-refractivity contribution in [1.82, 2.24) is 4.90 Å². The number of carbonyl (C=O) groups excluding carboxylic acids is 2. The summed E-state index contributed by atoms with van der Waals surface area (Å²) in [5.41, 5.74) is 8.12. The first kappa shape index (κ1) is 18.5. The number of nitrogens with one attached hydrogen (secondary N) is 1. The molecule has 1 saturated heterocycles. The Kier molecular flexibility index (Phi) is 6.37. The molecule has 5 nitrogen and oxygen atoms in total. The molecule has 2 atom stereocenters. The number of amides is 2. The summed E-state index contributed by atoms with van der Waals surface area (Å²) in [7, 11) is 0. The molecule has 5 heteroatoms. The van der Waals surface area contributed by atoms with Crippen molar-refractivity contribution in [2.24, 2.45) is 11.7 Å². The zero-order valence-electron chi connectivity index (χ0n) is 15.0. The minimum Gasteiger partial charge on any atom is -0.338 e. The van der Waals surface area contributed by atoms with Gasteiger partial charge in [0.2, 0.25) is 5.91 Å². The highest BCUT2D eigenvalue weighted by molar-refractivity contribution is 5.98. The van der Waals surface area contributed by atoms with Gasteiger partial charge in [0.15, 0.2) is 0 Å². The fourth-order valence-corrected chi connectivity index (χ4v) is 3.16. The van der Waals surface area contributed by atoms with E-state index < -0.39 is 6.04 Å². The van der Waals surface area contributed by atoms with Crippen LogP contribution in [0, 0.1) is 12.8 Å². The lowest BCUT2D eigenvalue weighted by Crippen LogP contribution is -2.39. The van der Waals surface area contributed by atoms with Crippen molar-refractivity contribution in [3.8, 4) is 0 Å². The molecule has 1 aromatic rings. The Labute approximate surface area is 144 Å². The van der Waals surface area contributed by atoms with E-state index in [1.54, 1.807) is 12.1 Å². The van der Waals surface area contributed by atoms with Crippen LogP contribution >= 0.6 is 0 Å². The van der Waals surface area contributed by atoms with Crippen molar-refractivity contribution < 1.29 is 9.59 Å². The van der Waals surface area contributed by atoms with Crippen LogP contribution in [0.1, 0.15) is 55.5 Å². The molecule has 1 aromatic carbocycles. The standard InChI is InChI=1S/C19H29N3O2/c1-4-6-16(20)18(23)21-17-9-8-15(11-14(17)3)19(24)22-10-5-7-13(2)12-22/h8-9,11,13,16H,4-7,10,12,20H2,1-3H3,(H,21,23). The van der Waals surface area contributed by atoms with Crippen LogP contribution in [0.3, 0.4) is 0 Å². The quantitative estimate of drug-likeness (QED) is 0.871. The average molecular weight is 331 g/mol. The summed E-state index contributed by atoms with van der Waals surface area (Å²) in [5, 5.41) is 2.86. The van der Waals surface area contributed by atoms with Crippen molar-refractivity contribution >= 4 is 17.5 Å². The second-order valence-electron chi connectivity index (χ2n) is 6.91. The Morgan fingerprint density at radius 1 is 1.42 bits per heavy atom. The highest BCUT2D eigenvalue weighted by atomic mass is 16.2. The lowest BCUT2D eigenvalue weighted by molar-refractivity contribution is -0.117. The van der Waals surface area contributed by atoms with E-state index in [0.717, 1.165) is 37.2 Å². The molecule has 2 amide bonds. The van der Waals surface area contributed by atoms with Crippen LogP contribution in [0.2, 0.25) is 0 Å².